The van der Waals surface area contributed by atoms with E-state index in [1.54, 1.807) is 24.3 Å². The third-order valence-corrected chi connectivity index (χ3v) is 10.3. The molecule has 0 bridgehead atoms. The van der Waals surface area contributed by atoms with E-state index < -0.39 is 22.0 Å². The molecule has 220 valence electrons. The molecule has 0 aromatic heterocycles. The van der Waals surface area contributed by atoms with Crippen molar-refractivity contribution < 1.29 is 18.0 Å². The van der Waals surface area contributed by atoms with E-state index >= 15 is 0 Å². The van der Waals surface area contributed by atoms with Gasteiger partial charge in [-0.1, -0.05) is 55.8 Å². The maximum absolute atomic E-state index is 13.4. The number of carbonyl (C=O) groups is 2. The monoisotopic (exact) mass is 578 g/mol. The van der Waals surface area contributed by atoms with Crippen molar-refractivity contribution in [2.75, 3.05) is 32.7 Å². The number of hydrogen-bond donors (Lipinski definition) is 2. The third kappa shape index (κ3) is 6.74. The van der Waals surface area contributed by atoms with Gasteiger partial charge in [0, 0.05) is 32.7 Å². The Kier molecular flexibility index (Phi) is 8.97. The van der Waals surface area contributed by atoms with Crippen LogP contribution < -0.4 is 10.6 Å². The van der Waals surface area contributed by atoms with Crippen molar-refractivity contribution in [3.63, 3.8) is 0 Å². The molecule has 2 amide bonds. The molecule has 0 radical (unpaired) electrons. The van der Waals surface area contributed by atoms with Crippen LogP contribution in [0.2, 0.25) is 0 Å². The Morgan fingerprint density at radius 1 is 1.10 bits per heavy atom. The Morgan fingerprint density at radius 2 is 1.88 bits per heavy atom. The molecule has 2 heterocycles. The van der Waals surface area contributed by atoms with E-state index in [1.165, 1.54) is 21.0 Å². The summed E-state index contributed by atoms with van der Waals surface area (Å²) < 4.78 is 28.0. The molecule has 1 aliphatic carbocycles. The van der Waals surface area contributed by atoms with E-state index in [0.717, 1.165) is 56.4 Å². The summed E-state index contributed by atoms with van der Waals surface area (Å²) >= 11 is 0. The number of sulfonamides is 1. The molecule has 1 saturated heterocycles. The van der Waals surface area contributed by atoms with Crippen molar-refractivity contribution in [1.29, 1.82) is 0 Å². The molecule has 1 fully saturated rings. The van der Waals surface area contributed by atoms with Gasteiger partial charge in [-0.3, -0.25) is 14.5 Å². The van der Waals surface area contributed by atoms with Gasteiger partial charge >= 0.3 is 0 Å². The van der Waals surface area contributed by atoms with Gasteiger partial charge in [-0.15, -0.1) is 0 Å². The lowest BCUT2D eigenvalue weighted by Gasteiger charge is -2.34. The van der Waals surface area contributed by atoms with Crippen molar-refractivity contribution in [3.05, 3.63) is 70.8 Å². The molecule has 41 heavy (non-hydrogen) atoms. The van der Waals surface area contributed by atoms with Crippen LogP contribution in [0.4, 0.5) is 0 Å². The smallest absolute Gasteiger partial charge is 0.243 e. The molecule has 2 aromatic rings. The topological polar surface area (TPSA) is 98.8 Å². The lowest BCUT2D eigenvalue weighted by molar-refractivity contribution is -0.132. The number of nitrogens with one attached hydrogen (secondary N) is 2. The maximum atomic E-state index is 13.4. The van der Waals surface area contributed by atoms with E-state index in [2.05, 4.69) is 53.7 Å². The van der Waals surface area contributed by atoms with E-state index in [9.17, 15) is 18.0 Å². The zero-order valence-electron chi connectivity index (χ0n) is 24.4. The van der Waals surface area contributed by atoms with Crippen LogP contribution in [0.15, 0.2) is 53.4 Å². The Hall–Kier alpha value is -3.01. The first-order valence-corrected chi connectivity index (χ1v) is 16.3. The van der Waals surface area contributed by atoms with Gasteiger partial charge in [0.1, 0.15) is 6.04 Å². The molecule has 1 unspecified atom stereocenters. The molecule has 0 spiro atoms. The summed E-state index contributed by atoms with van der Waals surface area (Å²) in [4.78, 5) is 28.7. The van der Waals surface area contributed by atoms with Gasteiger partial charge in [-0.2, -0.15) is 4.31 Å². The number of nitrogens with zero attached hydrogens (tertiary/aromatic N) is 2. The average Bonchev–Trinajstić information content (AvgIpc) is 2.94. The summed E-state index contributed by atoms with van der Waals surface area (Å²) in [5.41, 5.74) is 5.96. The Bertz CT molecular complexity index is 1420. The molecule has 2 atom stereocenters. The van der Waals surface area contributed by atoms with Gasteiger partial charge in [-0.05, 0) is 72.9 Å². The summed E-state index contributed by atoms with van der Waals surface area (Å²) in [6.07, 6.45) is 5.91. The number of amides is 2. The second-order valence-electron chi connectivity index (χ2n) is 12.0. The minimum Gasteiger partial charge on any atom is -0.353 e. The highest BCUT2D eigenvalue weighted by Crippen LogP contribution is 2.33. The largest absolute Gasteiger partial charge is 0.353 e. The number of piperazine rings is 1. The van der Waals surface area contributed by atoms with Gasteiger partial charge in [0.25, 0.3) is 0 Å². The highest BCUT2D eigenvalue weighted by molar-refractivity contribution is 7.89. The molecule has 2 N–H and O–H groups in total. The third-order valence-electron chi connectivity index (χ3n) is 8.37. The first kappa shape index (κ1) is 29.5. The van der Waals surface area contributed by atoms with E-state index in [-0.39, 0.29) is 36.4 Å². The number of carbonyl (C=O) groups excluding carboxylic acids is 2. The highest BCUT2D eigenvalue weighted by atomic mass is 32.2. The zero-order chi connectivity index (χ0) is 29.1. The summed E-state index contributed by atoms with van der Waals surface area (Å²) in [6, 6.07) is 11.9. The van der Waals surface area contributed by atoms with Crippen LogP contribution in [-0.4, -0.2) is 68.2 Å². The molecular weight excluding hydrogens is 536 g/mol. The van der Waals surface area contributed by atoms with Gasteiger partial charge in [0.05, 0.1) is 17.4 Å². The first-order chi connectivity index (χ1) is 19.6. The van der Waals surface area contributed by atoms with Crippen molar-refractivity contribution >= 4 is 27.4 Å². The molecule has 2 aromatic carbocycles. The first-order valence-electron chi connectivity index (χ1n) is 14.8. The van der Waals surface area contributed by atoms with Crippen molar-refractivity contribution in [2.24, 2.45) is 5.92 Å². The number of rotatable bonds is 8. The fourth-order valence-electron chi connectivity index (χ4n) is 6.27. The summed E-state index contributed by atoms with van der Waals surface area (Å²) in [7, 11) is -3.93. The molecule has 2 aliphatic heterocycles. The molecule has 3 aliphatic rings. The Balaban J connectivity index is 1.27. The standard InChI is InChI=1S/C32H42N4O4S/c1-22(2)21-35-16-13-24(14-17-35)25-9-12-28-26(19-25)5-4-6-29(28)34-31(37)20-30-32(38)33-15-18-36(30)41(39,40)27-10-7-23(3)8-11-27/h7-13,19,22,29-30H,4-6,14-18,20-21H2,1-3H3,(H,33,38)(H,34,37)/t29-,30?/m1/s1. The van der Waals surface area contributed by atoms with Crippen molar-refractivity contribution in [2.45, 2.75) is 69.9 Å². The van der Waals surface area contributed by atoms with Gasteiger partial charge in [-0.25, -0.2) is 8.42 Å². The van der Waals surface area contributed by atoms with E-state index in [4.69, 9.17) is 0 Å². The number of hydrogen-bond acceptors (Lipinski definition) is 5. The Labute approximate surface area is 244 Å². The second kappa shape index (κ2) is 12.5. The average molecular weight is 579 g/mol. The van der Waals surface area contributed by atoms with Crippen LogP contribution in [0, 0.1) is 12.8 Å². The minimum absolute atomic E-state index is 0.125. The predicted octanol–water partition coefficient (Wildman–Crippen LogP) is 3.81. The zero-order valence-corrected chi connectivity index (χ0v) is 25.2. The summed E-state index contributed by atoms with van der Waals surface area (Å²) in [5.74, 6) is -0.101. The van der Waals surface area contributed by atoms with Crippen LogP contribution in [0.25, 0.3) is 5.57 Å². The number of aryl methyl sites for hydroxylation is 2. The number of fused-ring (bicyclic) bond motifs is 1. The fourth-order valence-corrected chi connectivity index (χ4v) is 7.86. The van der Waals surface area contributed by atoms with Crippen LogP contribution in [0.3, 0.4) is 0 Å². The van der Waals surface area contributed by atoms with E-state index in [0.29, 0.717) is 5.92 Å². The van der Waals surface area contributed by atoms with Crippen molar-refractivity contribution in [1.82, 2.24) is 19.8 Å². The predicted molar refractivity (Wildman–Crippen MR) is 161 cm³/mol. The summed E-state index contributed by atoms with van der Waals surface area (Å²) in [5, 5.41) is 5.86. The van der Waals surface area contributed by atoms with Crippen LogP contribution in [0.5, 0.6) is 0 Å². The minimum atomic E-state index is -3.93. The van der Waals surface area contributed by atoms with E-state index in [1.807, 2.05) is 6.92 Å². The van der Waals surface area contributed by atoms with Gasteiger partial charge < -0.3 is 10.6 Å². The molecule has 9 heteroatoms. The number of benzene rings is 2. The highest BCUT2D eigenvalue weighted by Gasteiger charge is 2.40. The van der Waals surface area contributed by atoms with Crippen LogP contribution >= 0.6 is 0 Å². The quantitative estimate of drug-likeness (QED) is 0.497. The van der Waals surface area contributed by atoms with Gasteiger partial charge in [0.15, 0.2) is 0 Å². The fraction of sp³-hybridized carbons (Fsp3) is 0.500. The molecular formula is C32H42N4O4S. The lowest BCUT2D eigenvalue weighted by Crippen LogP contribution is -2.58. The van der Waals surface area contributed by atoms with Crippen LogP contribution in [0.1, 0.15) is 67.8 Å². The molecule has 0 saturated carbocycles. The summed E-state index contributed by atoms with van der Waals surface area (Å²) in [6.45, 7) is 9.91. The Morgan fingerprint density at radius 3 is 2.59 bits per heavy atom. The normalized spacial score (nSPS) is 22.1. The van der Waals surface area contributed by atoms with Crippen LogP contribution in [-0.2, 0) is 26.0 Å². The molecule has 5 rings (SSSR count). The molecule has 8 nitrogen and oxygen atoms in total. The van der Waals surface area contributed by atoms with Gasteiger partial charge in [0.2, 0.25) is 21.8 Å². The maximum Gasteiger partial charge on any atom is 0.243 e. The second-order valence-corrected chi connectivity index (χ2v) is 13.9. The lowest BCUT2D eigenvalue weighted by atomic mass is 9.85. The SMILES string of the molecule is Cc1ccc(S(=O)(=O)N2CCNC(=O)C2CC(=O)N[C@@H]2CCCc3cc(C4=CCN(CC(C)C)CC4)ccc32)cc1. The van der Waals surface area contributed by atoms with Crippen molar-refractivity contribution in [3.8, 4) is 0 Å².